The highest BCUT2D eigenvalue weighted by Gasteiger charge is 2.26. The molecule has 0 spiro atoms. The lowest BCUT2D eigenvalue weighted by molar-refractivity contribution is 0.121. The van der Waals surface area contributed by atoms with E-state index in [1.54, 1.807) is 0 Å². The number of nitrogens with one attached hydrogen (secondary N) is 1. The summed E-state index contributed by atoms with van der Waals surface area (Å²) >= 11 is 0. The average Bonchev–Trinajstić information content (AvgIpc) is 2.77. The Balaban J connectivity index is 2.20. The lowest BCUT2D eigenvalue weighted by Gasteiger charge is -2.18. The van der Waals surface area contributed by atoms with Gasteiger partial charge in [0, 0.05) is 12.6 Å². The van der Waals surface area contributed by atoms with Crippen LogP contribution in [0.5, 0.6) is 0 Å². The van der Waals surface area contributed by atoms with Gasteiger partial charge in [-0.15, -0.1) is 0 Å². The topological polar surface area (TPSA) is 39.1 Å². The Morgan fingerprint density at radius 3 is 2.59 bits per heavy atom. The molecular formula is C13H23N3O. The summed E-state index contributed by atoms with van der Waals surface area (Å²) in [5.41, 5.74) is 3.48. The molecule has 1 aromatic rings. The van der Waals surface area contributed by atoms with Crippen molar-refractivity contribution >= 4 is 5.69 Å². The zero-order valence-electron chi connectivity index (χ0n) is 11.4. The van der Waals surface area contributed by atoms with Gasteiger partial charge in [-0.1, -0.05) is 0 Å². The van der Waals surface area contributed by atoms with Crippen LogP contribution in [-0.4, -0.2) is 28.5 Å². The molecule has 1 aliphatic rings. The number of hydrogen-bond acceptors (Lipinski definition) is 3. The third-order valence-electron chi connectivity index (χ3n) is 3.52. The molecule has 1 aromatic heterocycles. The Labute approximate surface area is 103 Å². The molecule has 4 heteroatoms. The van der Waals surface area contributed by atoms with Crippen LogP contribution in [0.3, 0.4) is 0 Å². The fourth-order valence-electron chi connectivity index (χ4n) is 2.48. The molecular weight excluding hydrogens is 214 g/mol. The molecule has 2 rings (SSSR count). The second-order valence-corrected chi connectivity index (χ2v) is 5.20. The summed E-state index contributed by atoms with van der Waals surface area (Å²) in [6.45, 7) is 11.5. The third kappa shape index (κ3) is 2.32. The van der Waals surface area contributed by atoms with Crippen LogP contribution in [-0.2, 0) is 4.74 Å². The molecule has 17 heavy (non-hydrogen) atoms. The highest BCUT2D eigenvalue weighted by Crippen LogP contribution is 2.26. The molecule has 2 unspecified atom stereocenters. The standard InChI is InChI=1S/C13H23N3O/c1-8(2)16-10(4)13(9(3)15-16)14-12-6-7-17-11(12)5/h8,11-12,14H,6-7H2,1-5H3. The maximum absolute atomic E-state index is 5.58. The summed E-state index contributed by atoms with van der Waals surface area (Å²) in [5, 5.41) is 8.18. The van der Waals surface area contributed by atoms with Crippen molar-refractivity contribution in [2.45, 2.75) is 59.2 Å². The molecule has 1 fully saturated rings. The molecule has 4 nitrogen and oxygen atoms in total. The van der Waals surface area contributed by atoms with E-state index in [1.807, 2.05) is 0 Å². The van der Waals surface area contributed by atoms with Crippen LogP contribution in [0, 0.1) is 13.8 Å². The lowest BCUT2D eigenvalue weighted by Crippen LogP contribution is -2.27. The highest BCUT2D eigenvalue weighted by atomic mass is 16.5. The van der Waals surface area contributed by atoms with Crippen molar-refractivity contribution in [3.63, 3.8) is 0 Å². The number of ether oxygens (including phenoxy) is 1. The zero-order chi connectivity index (χ0) is 12.6. The Morgan fingerprint density at radius 2 is 2.12 bits per heavy atom. The summed E-state index contributed by atoms with van der Waals surface area (Å²) in [6.07, 6.45) is 1.36. The second-order valence-electron chi connectivity index (χ2n) is 5.20. The lowest BCUT2D eigenvalue weighted by atomic mass is 10.1. The molecule has 0 aromatic carbocycles. The highest BCUT2D eigenvalue weighted by molar-refractivity contribution is 5.53. The van der Waals surface area contributed by atoms with Crippen molar-refractivity contribution in [2.24, 2.45) is 0 Å². The van der Waals surface area contributed by atoms with Gasteiger partial charge in [-0.05, 0) is 41.0 Å². The van der Waals surface area contributed by atoms with Crippen molar-refractivity contribution in [2.75, 3.05) is 11.9 Å². The van der Waals surface area contributed by atoms with Gasteiger partial charge in [-0.2, -0.15) is 5.10 Å². The van der Waals surface area contributed by atoms with Crippen LogP contribution in [0.1, 0.15) is 44.6 Å². The van der Waals surface area contributed by atoms with Gasteiger partial charge in [0.05, 0.1) is 29.2 Å². The first-order valence-electron chi connectivity index (χ1n) is 6.44. The molecule has 0 amide bonds. The first-order valence-corrected chi connectivity index (χ1v) is 6.44. The average molecular weight is 237 g/mol. The SMILES string of the molecule is Cc1nn(C(C)C)c(C)c1NC1CCOC1C. The number of aryl methyl sites for hydroxylation is 1. The van der Waals surface area contributed by atoms with Gasteiger partial charge in [-0.25, -0.2) is 0 Å². The van der Waals surface area contributed by atoms with Gasteiger partial charge in [0.1, 0.15) is 0 Å². The number of nitrogens with zero attached hydrogens (tertiary/aromatic N) is 2. The van der Waals surface area contributed by atoms with Crippen LogP contribution in [0.15, 0.2) is 0 Å². The molecule has 2 atom stereocenters. The van der Waals surface area contributed by atoms with E-state index >= 15 is 0 Å². The van der Waals surface area contributed by atoms with Crippen molar-refractivity contribution in [3.8, 4) is 0 Å². The molecule has 2 heterocycles. The molecule has 0 saturated carbocycles. The number of aromatic nitrogens is 2. The summed E-state index contributed by atoms with van der Waals surface area (Å²) in [7, 11) is 0. The van der Waals surface area contributed by atoms with Crippen LogP contribution >= 0.6 is 0 Å². The summed E-state index contributed by atoms with van der Waals surface area (Å²) in [4.78, 5) is 0. The molecule has 1 aliphatic heterocycles. The fraction of sp³-hybridized carbons (Fsp3) is 0.769. The quantitative estimate of drug-likeness (QED) is 0.878. The van der Waals surface area contributed by atoms with Gasteiger partial charge in [0.25, 0.3) is 0 Å². The zero-order valence-corrected chi connectivity index (χ0v) is 11.4. The van der Waals surface area contributed by atoms with Crippen LogP contribution in [0.25, 0.3) is 0 Å². The number of rotatable bonds is 3. The number of hydrogen-bond donors (Lipinski definition) is 1. The fourth-order valence-corrected chi connectivity index (χ4v) is 2.48. The van der Waals surface area contributed by atoms with Crippen LogP contribution < -0.4 is 5.32 Å². The smallest absolute Gasteiger partial charge is 0.0828 e. The van der Waals surface area contributed by atoms with Crippen molar-refractivity contribution < 1.29 is 4.74 Å². The Bertz CT molecular complexity index is 398. The van der Waals surface area contributed by atoms with Crippen molar-refractivity contribution in [3.05, 3.63) is 11.4 Å². The molecule has 1 saturated heterocycles. The maximum Gasteiger partial charge on any atom is 0.0828 e. The van der Waals surface area contributed by atoms with Gasteiger partial charge in [0.15, 0.2) is 0 Å². The predicted molar refractivity (Wildman–Crippen MR) is 69.5 cm³/mol. The van der Waals surface area contributed by atoms with Gasteiger partial charge < -0.3 is 10.1 Å². The third-order valence-corrected chi connectivity index (χ3v) is 3.52. The molecule has 0 aliphatic carbocycles. The van der Waals surface area contributed by atoms with E-state index in [9.17, 15) is 0 Å². The number of anilines is 1. The minimum absolute atomic E-state index is 0.288. The van der Waals surface area contributed by atoms with Crippen LogP contribution in [0.2, 0.25) is 0 Å². The summed E-state index contributed by atoms with van der Waals surface area (Å²) in [5.74, 6) is 0. The Kier molecular flexibility index (Phi) is 3.43. The first-order chi connectivity index (χ1) is 8.00. The summed E-state index contributed by atoms with van der Waals surface area (Å²) < 4.78 is 7.66. The van der Waals surface area contributed by atoms with E-state index in [1.165, 1.54) is 11.4 Å². The van der Waals surface area contributed by atoms with Crippen molar-refractivity contribution in [1.29, 1.82) is 0 Å². The van der Waals surface area contributed by atoms with Gasteiger partial charge >= 0.3 is 0 Å². The van der Waals surface area contributed by atoms with E-state index in [0.717, 1.165) is 18.7 Å². The van der Waals surface area contributed by atoms with Gasteiger partial charge in [0.2, 0.25) is 0 Å². The predicted octanol–water partition coefficient (Wildman–Crippen LogP) is 2.67. The van der Waals surface area contributed by atoms with E-state index < -0.39 is 0 Å². The summed E-state index contributed by atoms with van der Waals surface area (Å²) in [6, 6.07) is 0.818. The van der Waals surface area contributed by atoms with Crippen molar-refractivity contribution in [1.82, 2.24) is 9.78 Å². The largest absolute Gasteiger partial charge is 0.377 e. The van der Waals surface area contributed by atoms with E-state index in [0.29, 0.717) is 12.1 Å². The molecule has 1 N–H and O–H groups in total. The second kappa shape index (κ2) is 4.69. The van der Waals surface area contributed by atoms with Crippen LogP contribution in [0.4, 0.5) is 5.69 Å². The van der Waals surface area contributed by atoms with E-state index in [2.05, 4.69) is 49.7 Å². The van der Waals surface area contributed by atoms with E-state index in [-0.39, 0.29) is 6.10 Å². The molecule has 96 valence electrons. The Morgan fingerprint density at radius 1 is 1.41 bits per heavy atom. The van der Waals surface area contributed by atoms with Gasteiger partial charge in [-0.3, -0.25) is 4.68 Å². The Hall–Kier alpha value is -1.03. The molecule has 0 bridgehead atoms. The minimum Gasteiger partial charge on any atom is -0.377 e. The van der Waals surface area contributed by atoms with E-state index in [4.69, 9.17) is 4.74 Å². The first kappa shape index (κ1) is 12.4. The normalized spacial score (nSPS) is 24.6. The molecule has 0 radical (unpaired) electrons. The maximum atomic E-state index is 5.58. The minimum atomic E-state index is 0.288. The monoisotopic (exact) mass is 237 g/mol.